The average molecular weight is 208 g/mol. The Labute approximate surface area is 86.2 Å². The van der Waals surface area contributed by atoms with Gasteiger partial charge in [-0.15, -0.1) is 11.3 Å². The number of hydrogen-bond donors (Lipinski definition) is 2. The van der Waals surface area contributed by atoms with E-state index in [4.69, 9.17) is 5.73 Å². The lowest BCUT2D eigenvalue weighted by atomic mass is 10.4. The van der Waals surface area contributed by atoms with E-state index in [9.17, 15) is 0 Å². The summed E-state index contributed by atoms with van der Waals surface area (Å²) in [6, 6.07) is 3.92. The Kier molecular flexibility index (Phi) is 2.90. The predicted molar refractivity (Wildman–Crippen MR) is 59.6 cm³/mol. The molecule has 2 rings (SSSR count). The second kappa shape index (κ2) is 4.34. The summed E-state index contributed by atoms with van der Waals surface area (Å²) in [4.78, 5) is 9.55. The van der Waals surface area contributed by atoms with Gasteiger partial charge in [0.25, 0.3) is 0 Å². The van der Waals surface area contributed by atoms with Gasteiger partial charge >= 0.3 is 0 Å². The highest BCUT2D eigenvalue weighted by molar-refractivity contribution is 7.16. The van der Waals surface area contributed by atoms with Crippen LogP contribution in [0.4, 0.5) is 5.82 Å². The molecule has 0 saturated heterocycles. The van der Waals surface area contributed by atoms with Crippen molar-refractivity contribution in [3.8, 4) is 0 Å². The minimum atomic E-state index is 0.704. The molecule has 0 aromatic carbocycles. The molecular formula is C9H12N4S. The smallest absolute Gasteiger partial charge is 0.145 e. The van der Waals surface area contributed by atoms with Gasteiger partial charge in [-0.3, -0.25) is 0 Å². The number of fused-ring (bicyclic) bond motifs is 1. The van der Waals surface area contributed by atoms with Gasteiger partial charge in [-0.1, -0.05) is 0 Å². The number of hydrogen-bond acceptors (Lipinski definition) is 5. The first-order chi connectivity index (χ1) is 6.90. The van der Waals surface area contributed by atoms with Gasteiger partial charge in [0.15, 0.2) is 0 Å². The highest BCUT2D eigenvalue weighted by atomic mass is 32.1. The summed E-state index contributed by atoms with van der Waals surface area (Å²) in [7, 11) is 0. The largest absolute Gasteiger partial charge is 0.370 e. The van der Waals surface area contributed by atoms with Gasteiger partial charge in [0, 0.05) is 6.54 Å². The zero-order chi connectivity index (χ0) is 9.80. The van der Waals surface area contributed by atoms with Crippen molar-refractivity contribution in [1.82, 2.24) is 9.97 Å². The third-order valence-electron chi connectivity index (χ3n) is 1.88. The van der Waals surface area contributed by atoms with E-state index in [1.165, 1.54) is 0 Å². The molecule has 0 fully saturated rings. The van der Waals surface area contributed by atoms with Gasteiger partial charge < -0.3 is 11.1 Å². The van der Waals surface area contributed by atoms with Crippen LogP contribution in [0.3, 0.4) is 0 Å². The monoisotopic (exact) mass is 208 g/mol. The third kappa shape index (κ3) is 2.00. The Morgan fingerprint density at radius 1 is 1.43 bits per heavy atom. The molecule has 0 aliphatic carbocycles. The fourth-order valence-corrected chi connectivity index (χ4v) is 1.83. The summed E-state index contributed by atoms with van der Waals surface area (Å²) in [5.74, 6) is 0.898. The van der Waals surface area contributed by atoms with E-state index in [0.29, 0.717) is 6.54 Å². The highest BCUT2D eigenvalue weighted by Gasteiger charge is 1.99. The van der Waals surface area contributed by atoms with Crippen LogP contribution in [0.15, 0.2) is 17.6 Å². The van der Waals surface area contributed by atoms with Crippen LogP contribution in [0, 0.1) is 0 Å². The zero-order valence-electron chi connectivity index (χ0n) is 7.73. The summed E-state index contributed by atoms with van der Waals surface area (Å²) < 4.78 is 0. The van der Waals surface area contributed by atoms with Crippen molar-refractivity contribution in [3.05, 3.63) is 17.6 Å². The average Bonchev–Trinajstić information content (AvgIpc) is 2.65. The minimum absolute atomic E-state index is 0.704. The van der Waals surface area contributed by atoms with Crippen LogP contribution < -0.4 is 11.1 Å². The summed E-state index contributed by atoms with van der Waals surface area (Å²) >= 11 is 1.55. The Balaban J connectivity index is 2.10. The maximum Gasteiger partial charge on any atom is 0.145 e. The lowest BCUT2D eigenvalue weighted by Crippen LogP contribution is -2.09. The summed E-state index contributed by atoms with van der Waals surface area (Å²) in [6.07, 6.45) is 0.961. The van der Waals surface area contributed by atoms with Crippen molar-refractivity contribution in [1.29, 1.82) is 0 Å². The second-order valence-corrected chi connectivity index (χ2v) is 3.78. The molecule has 0 saturated carbocycles. The van der Waals surface area contributed by atoms with E-state index in [1.54, 1.807) is 16.8 Å². The summed E-state index contributed by atoms with van der Waals surface area (Å²) in [6.45, 7) is 1.57. The molecule has 0 aliphatic heterocycles. The van der Waals surface area contributed by atoms with Crippen molar-refractivity contribution in [2.45, 2.75) is 6.42 Å². The molecule has 2 aromatic heterocycles. The zero-order valence-corrected chi connectivity index (χ0v) is 8.55. The van der Waals surface area contributed by atoms with Crippen LogP contribution in [0.2, 0.25) is 0 Å². The second-order valence-electron chi connectivity index (χ2n) is 2.94. The molecule has 74 valence electrons. The molecule has 0 atom stereocenters. The van der Waals surface area contributed by atoms with Gasteiger partial charge in [-0.25, -0.2) is 9.97 Å². The van der Waals surface area contributed by atoms with Crippen LogP contribution in [-0.4, -0.2) is 23.1 Å². The van der Waals surface area contributed by atoms with E-state index in [-0.39, 0.29) is 0 Å². The minimum Gasteiger partial charge on any atom is -0.370 e. The van der Waals surface area contributed by atoms with Gasteiger partial charge in [-0.05, 0) is 25.1 Å². The van der Waals surface area contributed by atoms with Crippen LogP contribution in [0.1, 0.15) is 6.42 Å². The Hall–Kier alpha value is -1.20. The van der Waals surface area contributed by atoms with Crippen molar-refractivity contribution in [2.24, 2.45) is 5.73 Å². The first-order valence-electron chi connectivity index (χ1n) is 4.54. The molecule has 14 heavy (non-hydrogen) atoms. The van der Waals surface area contributed by atoms with Gasteiger partial charge in [0.1, 0.15) is 16.2 Å². The maximum absolute atomic E-state index is 5.40. The molecule has 2 aromatic rings. The lowest BCUT2D eigenvalue weighted by Gasteiger charge is -2.03. The third-order valence-corrected chi connectivity index (χ3v) is 2.62. The Morgan fingerprint density at radius 2 is 2.36 bits per heavy atom. The van der Waals surface area contributed by atoms with Crippen molar-refractivity contribution in [2.75, 3.05) is 18.4 Å². The predicted octanol–water partition coefficient (Wildman–Crippen LogP) is 1.45. The van der Waals surface area contributed by atoms with Crippen molar-refractivity contribution in [3.63, 3.8) is 0 Å². The van der Waals surface area contributed by atoms with Crippen molar-refractivity contribution >= 4 is 27.5 Å². The molecule has 5 heteroatoms. The molecule has 0 bridgehead atoms. The lowest BCUT2D eigenvalue weighted by molar-refractivity contribution is 0.871. The fourth-order valence-electron chi connectivity index (χ4n) is 1.17. The molecule has 0 aliphatic rings. The van der Waals surface area contributed by atoms with Gasteiger partial charge in [0.2, 0.25) is 0 Å². The molecule has 4 nitrogen and oxygen atoms in total. The molecule has 0 unspecified atom stereocenters. The maximum atomic E-state index is 5.40. The van der Waals surface area contributed by atoms with E-state index >= 15 is 0 Å². The number of nitrogens with zero attached hydrogens (tertiary/aromatic N) is 2. The number of rotatable bonds is 4. The topological polar surface area (TPSA) is 63.8 Å². The van der Waals surface area contributed by atoms with Crippen molar-refractivity contribution < 1.29 is 0 Å². The highest BCUT2D eigenvalue weighted by Crippen LogP contribution is 2.17. The van der Waals surface area contributed by atoms with Crippen LogP contribution in [0.5, 0.6) is 0 Å². The Morgan fingerprint density at radius 3 is 3.21 bits per heavy atom. The quantitative estimate of drug-likeness (QED) is 0.746. The summed E-state index contributed by atoms with van der Waals surface area (Å²) in [5.41, 5.74) is 8.16. The number of pyridine rings is 1. The molecule has 0 spiro atoms. The first-order valence-corrected chi connectivity index (χ1v) is 5.42. The summed E-state index contributed by atoms with van der Waals surface area (Å²) in [5, 5.41) is 3.22. The van der Waals surface area contributed by atoms with Crippen LogP contribution >= 0.6 is 11.3 Å². The normalized spacial score (nSPS) is 10.6. The SMILES string of the molecule is NCCCNc1ccc2ncsc2n1. The number of anilines is 1. The number of thiazole rings is 1. The fraction of sp³-hybridized carbons (Fsp3) is 0.333. The van der Waals surface area contributed by atoms with Crippen LogP contribution in [0.25, 0.3) is 10.3 Å². The van der Waals surface area contributed by atoms with E-state index in [0.717, 1.165) is 29.1 Å². The number of nitrogens with one attached hydrogen (secondary N) is 1. The van der Waals surface area contributed by atoms with Gasteiger partial charge in [0.05, 0.1) is 5.51 Å². The van der Waals surface area contributed by atoms with E-state index in [2.05, 4.69) is 15.3 Å². The number of nitrogens with two attached hydrogens (primary N) is 1. The van der Waals surface area contributed by atoms with Gasteiger partial charge in [-0.2, -0.15) is 0 Å². The van der Waals surface area contributed by atoms with E-state index < -0.39 is 0 Å². The molecule has 0 amide bonds. The standard InChI is InChI=1S/C9H12N4S/c10-4-1-5-11-8-3-2-7-9(13-8)14-6-12-7/h2-3,6H,1,4-5,10H2,(H,11,13). The number of aromatic nitrogens is 2. The first kappa shape index (κ1) is 9.36. The molecule has 0 radical (unpaired) electrons. The van der Waals surface area contributed by atoms with E-state index in [1.807, 2.05) is 12.1 Å². The molecular weight excluding hydrogens is 196 g/mol. The molecule has 3 N–H and O–H groups in total. The van der Waals surface area contributed by atoms with Crippen LogP contribution in [-0.2, 0) is 0 Å². The Bertz CT molecular complexity index is 412. The molecule has 2 heterocycles.